The molecule has 0 radical (unpaired) electrons. The van der Waals surface area contributed by atoms with E-state index >= 15 is 0 Å². The van der Waals surface area contributed by atoms with Gasteiger partial charge in [-0.25, -0.2) is 4.79 Å². The summed E-state index contributed by atoms with van der Waals surface area (Å²) in [6.45, 7) is 5.20. The lowest BCUT2D eigenvalue weighted by Gasteiger charge is -2.22. The largest absolute Gasteiger partial charge is 0.449 e. The molecule has 0 aromatic rings. The van der Waals surface area contributed by atoms with Crippen molar-refractivity contribution in [1.29, 1.82) is 0 Å². The van der Waals surface area contributed by atoms with Crippen LogP contribution in [0, 0.1) is 5.92 Å². The topological polar surface area (TPSA) is 49.8 Å². The minimum absolute atomic E-state index is 0.0327. The van der Waals surface area contributed by atoms with Crippen molar-refractivity contribution in [2.75, 3.05) is 19.8 Å². The summed E-state index contributed by atoms with van der Waals surface area (Å²) in [6, 6.07) is -0.0327. The van der Waals surface area contributed by atoms with Gasteiger partial charge in [0.25, 0.3) is 0 Å². The predicted octanol–water partition coefficient (Wildman–Crippen LogP) is 1.24. The molecule has 4 nitrogen and oxygen atoms in total. The number of nitrogens with zero attached hydrogens (tertiary/aromatic N) is 1. The summed E-state index contributed by atoms with van der Waals surface area (Å²) in [7, 11) is 0. The van der Waals surface area contributed by atoms with Crippen LogP contribution in [0.15, 0.2) is 0 Å². The molecular weight excluding hydrogens is 182 g/mol. The van der Waals surface area contributed by atoms with Gasteiger partial charge in [0, 0.05) is 6.54 Å². The second-order valence-corrected chi connectivity index (χ2v) is 4.14. The van der Waals surface area contributed by atoms with E-state index in [-0.39, 0.29) is 18.7 Å². The number of carbonyl (C=O) groups is 1. The van der Waals surface area contributed by atoms with Crippen molar-refractivity contribution in [3.63, 3.8) is 0 Å². The first kappa shape index (κ1) is 11.3. The molecule has 4 heteroatoms. The Morgan fingerprint density at radius 3 is 2.93 bits per heavy atom. The molecule has 1 atom stereocenters. The molecule has 0 saturated carbocycles. The third-order valence-electron chi connectivity index (χ3n) is 2.36. The molecule has 1 amide bonds. The van der Waals surface area contributed by atoms with Crippen LogP contribution >= 0.6 is 0 Å². The molecule has 0 unspecified atom stereocenters. The lowest BCUT2D eigenvalue weighted by atomic mass is 10.2. The van der Waals surface area contributed by atoms with Crippen LogP contribution in [0.4, 0.5) is 4.79 Å². The highest BCUT2D eigenvalue weighted by Crippen LogP contribution is 2.17. The van der Waals surface area contributed by atoms with E-state index in [1.807, 2.05) is 13.8 Å². The first-order chi connectivity index (χ1) is 6.65. The highest BCUT2D eigenvalue weighted by molar-refractivity contribution is 5.68. The maximum Gasteiger partial charge on any atom is 0.410 e. The van der Waals surface area contributed by atoms with E-state index in [1.165, 1.54) is 0 Å². The van der Waals surface area contributed by atoms with Crippen molar-refractivity contribution in [3.05, 3.63) is 0 Å². The molecule has 0 bridgehead atoms. The fourth-order valence-electron chi connectivity index (χ4n) is 1.59. The molecule has 1 N–H and O–H groups in total. The number of aliphatic hydroxyl groups excluding tert-OH is 1. The van der Waals surface area contributed by atoms with Crippen molar-refractivity contribution >= 4 is 6.09 Å². The standard InChI is InChI=1S/C10H19NO3/c1-8(2)7-14-10(13)11-5-3-4-9(11)6-12/h8-9,12H,3-7H2,1-2H3/t9-/m0/s1. The minimum atomic E-state index is -0.282. The van der Waals surface area contributed by atoms with Crippen LogP contribution in [0.1, 0.15) is 26.7 Å². The summed E-state index contributed by atoms with van der Waals surface area (Å²) in [4.78, 5) is 13.1. The molecule has 0 aromatic heterocycles. The van der Waals surface area contributed by atoms with E-state index in [2.05, 4.69) is 0 Å². The summed E-state index contributed by atoms with van der Waals surface area (Å²) in [5, 5.41) is 9.01. The van der Waals surface area contributed by atoms with E-state index in [9.17, 15) is 4.79 Å². The average Bonchev–Trinajstić information content (AvgIpc) is 2.61. The second kappa shape index (κ2) is 5.20. The van der Waals surface area contributed by atoms with Crippen LogP contribution in [0.3, 0.4) is 0 Å². The molecule has 1 aliphatic heterocycles. The van der Waals surface area contributed by atoms with Crippen molar-refractivity contribution < 1.29 is 14.6 Å². The molecule has 1 saturated heterocycles. The van der Waals surface area contributed by atoms with E-state index in [0.29, 0.717) is 19.1 Å². The number of carbonyl (C=O) groups excluding carboxylic acids is 1. The zero-order chi connectivity index (χ0) is 10.6. The molecule has 1 rings (SSSR count). The Balaban J connectivity index is 2.35. The quantitative estimate of drug-likeness (QED) is 0.747. The maximum absolute atomic E-state index is 11.5. The van der Waals surface area contributed by atoms with E-state index in [4.69, 9.17) is 9.84 Å². The Labute approximate surface area is 84.8 Å². The van der Waals surface area contributed by atoms with Gasteiger partial charge >= 0.3 is 6.09 Å². The van der Waals surface area contributed by atoms with Gasteiger partial charge in [-0.15, -0.1) is 0 Å². The van der Waals surface area contributed by atoms with Gasteiger partial charge in [0.15, 0.2) is 0 Å². The highest BCUT2D eigenvalue weighted by Gasteiger charge is 2.29. The van der Waals surface area contributed by atoms with Crippen molar-refractivity contribution in [1.82, 2.24) is 4.90 Å². The highest BCUT2D eigenvalue weighted by atomic mass is 16.6. The Morgan fingerprint density at radius 1 is 1.64 bits per heavy atom. The van der Waals surface area contributed by atoms with Gasteiger partial charge in [0.2, 0.25) is 0 Å². The Kier molecular flexibility index (Phi) is 4.20. The number of likely N-dealkylation sites (tertiary alicyclic amines) is 1. The SMILES string of the molecule is CC(C)COC(=O)N1CCC[C@H]1CO. The van der Waals surface area contributed by atoms with Gasteiger partial charge in [-0.1, -0.05) is 13.8 Å². The fourth-order valence-corrected chi connectivity index (χ4v) is 1.59. The summed E-state index contributed by atoms with van der Waals surface area (Å²) in [5.74, 6) is 0.356. The lowest BCUT2D eigenvalue weighted by Crippen LogP contribution is -2.38. The molecular formula is C10H19NO3. The first-order valence-corrected chi connectivity index (χ1v) is 5.19. The normalized spacial score (nSPS) is 21.7. The molecule has 0 aliphatic carbocycles. The molecule has 1 heterocycles. The zero-order valence-electron chi connectivity index (χ0n) is 8.90. The summed E-state index contributed by atoms with van der Waals surface area (Å²) in [6.07, 6.45) is 1.56. The third kappa shape index (κ3) is 2.87. The number of rotatable bonds is 3. The monoisotopic (exact) mass is 201 g/mol. The van der Waals surface area contributed by atoms with Crippen LogP contribution in [-0.2, 0) is 4.74 Å². The molecule has 0 spiro atoms. The number of hydrogen-bond acceptors (Lipinski definition) is 3. The van der Waals surface area contributed by atoms with Crippen molar-refractivity contribution in [2.45, 2.75) is 32.7 Å². The average molecular weight is 201 g/mol. The molecule has 14 heavy (non-hydrogen) atoms. The van der Waals surface area contributed by atoms with Crippen LogP contribution in [0.5, 0.6) is 0 Å². The maximum atomic E-state index is 11.5. The minimum Gasteiger partial charge on any atom is -0.449 e. The summed E-state index contributed by atoms with van der Waals surface area (Å²) in [5.41, 5.74) is 0. The van der Waals surface area contributed by atoms with Crippen LogP contribution in [0.25, 0.3) is 0 Å². The predicted molar refractivity (Wildman–Crippen MR) is 53.0 cm³/mol. The van der Waals surface area contributed by atoms with E-state index < -0.39 is 0 Å². The van der Waals surface area contributed by atoms with Gasteiger partial charge in [-0.05, 0) is 18.8 Å². The summed E-state index contributed by atoms with van der Waals surface area (Å²) >= 11 is 0. The van der Waals surface area contributed by atoms with E-state index in [0.717, 1.165) is 12.8 Å². The van der Waals surface area contributed by atoms with Gasteiger partial charge in [0.05, 0.1) is 19.3 Å². The number of hydrogen-bond donors (Lipinski definition) is 1. The van der Waals surface area contributed by atoms with Gasteiger partial charge < -0.3 is 14.7 Å². The van der Waals surface area contributed by atoms with Gasteiger partial charge in [-0.2, -0.15) is 0 Å². The van der Waals surface area contributed by atoms with Crippen LogP contribution < -0.4 is 0 Å². The number of amides is 1. The van der Waals surface area contributed by atoms with Crippen molar-refractivity contribution in [2.24, 2.45) is 5.92 Å². The molecule has 1 aliphatic rings. The summed E-state index contributed by atoms with van der Waals surface area (Å²) < 4.78 is 5.10. The third-order valence-corrected chi connectivity index (χ3v) is 2.36. The lowest BCUT2D eigenvalue weighted by molar-refractivity contribution is 0.0765. The Morgan fingerprint density at radius 2 is 2.36 bits per heavy atom. The molecule has 0 aromatic carbocycles. The van der Waals surface area contributed by atoms with Crippen LogP contribution in [0.2, 0.25) is 0 Å². The zero-order valence-corrected chi connectivity index (χ0v) is 8.90. The smallest absolute Gasteiger partial charge is 0.410 e. The Hall–Kier alpha value is -0.770. The number of ether oxygens (including phenoxy) is 1. The fraction of sp³-hybridized carbons (Fsp3) is 0.900. The van der Waals surface area contributed by atoms with Crippen molar-refractivity contribution in [3.8, 4) is 0 Å². The number of aliphatic hydroxyl groups is 1. The second-order valence-electron chi connectivity index (χ2n) is 4.14. The van der Waals surface area contributed by atoms with Gasteiger partial charge in [-0.3, -0.25) is 0 Å². The Bertz CT molecular complexity index is 194. The molecule has 82 valence electrons. The van der Waals surface area contributed by atoms with Gasteiger partial charge in [0.1, 0.15) is 0 Å². The van der Waals surface area contributed by atoms with E-state index in [1.54, 1.807) is 4.90 Å². The first-order valence-electron chi connectivity index (χ1n) is 5.19. The molecule has 1 fully saturated rings. The van der Waals surface area contributed by atoms with Crippen LogP contribution in [-0.4, -0.2) is 41.9 Å².